The Morgan fingerprint density at radius 2 is 1.48 bits per heavy atom. The molecule has 2 aliphatic heterocycles. The number of rotatable bonds is 6. The summed E-state index contributed by atoms with van der Waals surface area (Å²) in [5, 5.41) is 0. The summed E-state index contributed by atoms with van der Waals surface area (Å²) < 4.78 is 0. The second-order valence-electron chi connectivity index (χ2n) is 7.80. The van der Waals surface area contributed by atoms with Crippen LogP contribution in [0.15, 0.2) is 65.7 Å². The monoisotopic (exact) mass is 390 g/mol. The first-order valence-corrected chi connectivity index (χ1v) is 10.7. The highest BCUT2D eigenvalue weighted by molar-refractivity contribution is 5.82. The van der Waals surface area contributed by atoms with Gasteiger partial charge in [-0.1, -0.05) is 60.7 Å². The number of benzene rings is 2. The molecule has 0 aromatic heterocycles. The van der Waals surface area contributed by atoms with E-state index < -0.39 is 0 Å². The fraction of sp³-hybridized carbons (Fsp3) is 0.417. The van der Waals surface area contributed by atoms with Crippen LogP contribution in [0.2, 0.25) is 0 Å². The van der Waals surface area contributed by atoms with Gasteiger partial charge in [-0.2, -0.15) is 0 Å². The van der Waals surface area contributed by atoms with E-state index in [0.717, 1.165) is 64.6 Å². The minimum absolute atomic E-state index is 0.287. The Balaban J connectivity index is 1.23. The van der Waals surface area contributed by atoms with Crippen LogP contribution in [0.25, 0.3) is 0 Å². The predicted octanol–water partition coefficient (Wildman–Crippen LogP) is 3.03. The zero-order valence-corrected chi connectivity index (χ0v) is 17.0. The lowest BCUT2D eigenvalue weighted by Crippen LogP contribution is -2.53. The van der Waals surface area contributed by atoms with Crippen LogP contribution in [0.5, 0.6) is 0 Å². The van der Waals surface area contributed by atoms with Gasteiger partial charge in [0.2, 0.25) is 5.91 Å². The Morgan fingerprint density at radius 3 is 2.17 bits per heavy atom. The van der Waals surface area contributed by atoms with Crippen molar-refractivity contribution in [1.82, 2.24) is 14.7 Å². The number of guanidine groups is 1. The van der Waals surface area contributed by atoms with Crippen molar-refractivity contribution >= 4 is 11.9 Å². The van der Waals surface area contributed by atoms with E-state index in [1.165, 1.54) is 11.1 Å². The maximum Gasteiger partial charge on any atom is 0.222 e. The molecular formula is C24H30N4O. The van der Waals surface area contributed by atoms with Gasteiger partial charge in [0.1, 0.15) is 0 Å². The largest absolute Gasteiger partial charge is 0.339 e. The standard InChI is InChI=1S/C24H30N4O/c29-23(13-7-12-21-8-3-1-4-9-21)26-16-18-27(19-17-26)24-25-14-15-28(24)20-22-10-5-2-6-11-22/h1-6,8-11H,7,12-20H2. The molecule has 2 heterocycles. The van der Waals surface area contributed by atoms with Crippen LogP contribution >= 0.6 is 0 Å². The molecule has 2 aliphatic rings. The normalized spacial score (nSPS) is 16.8. The molecule has 1 saturated heterocycles. The van der Waals surface area contributed by atoms with Crippen molar-refractivity contribution in [2.24, 2.45) is 4.99 Å². The molecule has 4 rings (SSSR count). The third-order valence-electron chi connectivity index (χ3n) is 5.74. The molecule has 0 unspecified atom stereocenters. The Morgan fingerprint density at radius 1 is 0.828 bits per heavy atom. The molecule has 5 heteroatoms. The van der Waals surface area contributed by atoms with E-state index in [9.17, 15) is 4.79 Å². The van der Waals surface area contributed by atoms with Crippen LogP contribution in [0, 0.1) is 0 Å². The molecule has 0 N–H and O–H groups in total. The average Bonchev–Trinajstić information content (AvgIpc) is 3.23. The van der Waals surface area contributed by atoms with Crippen LogP contribution in [-0.4, -0.2) is 65.8 Å². The number of nitrogens with zero attached hydrogens (tertiary/aromatic N) is 4. The first kappa shape index (κ1) is 19.5. The Bertz CT molecular complexity index is 813. The molecule has 0 atom stereocenters. The number of amides is 1. The van der Waals surface area contributed by atoms with E-state index in [1.54, 1.807) is 0 Å². The third kappa shape index (κ3) is 5.17. The number of piperazine rings is 1. The summed E-state index contributed by atoms with van der Waals surface area (Å²) in [6, 6.07) is 21.0. The molecule has 0 saturated carbocycles. The molecule has 0 spiro atoms. The lowest BCUT2D eigenvalue weighted by Gasteiger charge is -2.38. The first-order valence-electron chi connectivity index (χ1n) is 10.7. The van der Waals surface area contributed by atoms with E-state index in [0.29, 0.717) is 6.42 Å². The van der Waals surface area contributed by atoms with Crippen molar-refractivity contribution in [3.63, 3.8) is 0 Å². The Kier molecular flexibility index (Phi) is 6.45. The quantitative estimate of drug-likeness (QED) is 0.761. The lowest BCUT2D eigenvalue weighted by molar-refractivity contribution is -0.132. The number of carbonyl (C=O) groups is 1. The zero-order valence-electron chi connectivity index (χ0n) is 17.0. The van der Waals surface area contributed by atoms with E-state index in [2.05, 4.69) is 64.4 Å². The summed E-state index contributed by atoms with van der Waals surface area (Å²) in [4.78, 5) is 24.1. The summed E-state index contributed by atoms with van der Waals surface area (Å²) >= 11 is 0. The Hall–Kier alpha value is -2.82. The molecular weight excluding hydrogens is 360 g/mol. The molecule has 0 bridgehead atoms. The highest BCUT2D eigenvalue weighted by Crippen LogP contribution is 2.15. The van der Waals surface area contributed by atoms with E-state index in [4.69, 9.17) is 4.99 Å². The summed E-state index contributed by atoms with van der Waals surface area (Å²) in [7, 11) is 0. The van der Waals surface area contributed by atoms with Crippen molar-refractivity contribution in [2.45, 2.75) is 25.8 Å². The third-order valence-corrected chi connectivity index (χ3v) is 5.74. The topological polar surface area (TPSA) is 39.2 Å². The van der Waals surface area contributed by atoms with E-state index in [1.807, 2.05) is 11.0 Å². The first-order chi connectivity index (χ1) is 14.3. The van der Waals surface area contributed by atoms with Crippen molar-refractivity contribution in [1.29, 1.82) is 0 Å². The molecule has 1 fully saturated rings. The van der Waals surface area contributed by atoms with Gasteiger partial charge in [-0.25, -0.2) is 0 Å². The number of aliphatic imine (C=N–C) groups is 1. The molecule has 5 nitrogen and oxygen atoms in total. The van der Waals surface area contributed by atoms with Crippen molar-refractivity contribution in [3.05, 3.63) is 71.8 Å². The molecule has 2 aromatic carbocycles. The second-order valence-corrected chi connectivity index (χ2v) is 7.80. The highest BCUT2D eigenvalue weighted by atomic mass is 16.2. The van der Waals surface area contributed by atoms with Gasteiger partial charge in [0.15, 0.2) is 5.96 Å². The van der Waals surface area contributed by atoms with Crippen LogP contribution in [0.4, 0.5) is 0 Å². The van der Waals surface area contributed by atoms with Crippen molar-refractivity contribution in [2.75, 3.05) is 39.3 Å². The van der Waals surface area contributed by atoms with Crippen LogP contribution < -0.4 is 0 Å². The lowest BCUT2D eigenvalue weighted by atomic mass is 10.1. The molecule has 0 aliphatic carbocycles. The van der Waals surface area contributed by atoms with Gasteiger partial charge in [-0.15, -0.1) is 0 Å². The van der Waals surface area contributed by atoms with Crippen LogP contribution in [0.3, 0.4) is 0 Å². The molecule has 152 valence electrons. The molecule has 0 radical (unpaired) electrons. The zero-order chi connectivity index (χ0) is 19.9. The minimum atomic E-state index is 0.287. The number of aryl methyl sites for hydroxylation is 1. The van der Waals surface area contributed by atoms with Crippen molar-refractivity contribution < 1.29 is 4.79 Å². The van der Waals surface area contributed by atoms with Gasteiger partial charge in [-0.3, -0.25) is 9.79 Å². The van der Waals surface area contributed by atoms with Gasteiger partial charge in [0.25, 0.3) is 0 Å². The smallest absolute Gasteiger partial charge is 0.222 e. The maximum absolute atomic E-state index is 12.6. The highest BCUT2D eigenvalue weighted by Gasteiger charge is 2.27. The van der Waals surface area contributed by atoms with Gasteiger partial charge < -0.3 is 14.7 Å². The van der Waals surface area contributed by atoms with Crippen LogP contribution in [-0.2, 0) is 17.8 Å². The van der Waals surface area contributed by atoms with Gasteiger partial charge >= 0.3 is 0 Å². The minimum Gasteiger partial charge on any atom is -0.339 e. The number of hydrogen-bond acceptors (Lipinski definition) is 4. The summed E-state index contributed by atoms with van der Waals surface area (Å²) in [5.41, 5.74) is 2.62. The SMILES string of the molecule is O=C(CCCc1ccccc1)N1CCN(C2=NCCN2Cc2ccccc2)CC1. The average molecular weight is 391 g/mol. The predicted molar refractivity (Wildman–Crippen MR) is 117 cm³/mol. The maximum atomic E-state index is 12.6. The van der Waals surface area contributed by atoms with Crippen molar-refractivity contribution in [3.8, 4) is 0 Å². The van der Waals surface area contributed by atoms with Gasteiger partial charge in [0, 0.05) is 45.7 Å². The number of carbonyl (C=O) groups excluding carboxylic acids is 1. The van der Waals surface area contributed by atoms with E-state index >= 15 is 0 Å². The summed E-state index contributed by atoms with van der Waals surface area (Å²) in [6.07, 6.45) is 2.52. The summed E-state index contributed by atoms with van der Waals surface area (Å²) in [6.45, 7) is 6.07. The molecule has 1 amide bonds. The molecule has 29 heavy (non-hydrogen) atoms. The van der Waals surface area contributed by atoms with Crippen LogP contribution in [0.1, 0.15) is 24.0 Å². The Labute approximate surface area is 173 Å². The fourth-order valence-electron chi connectivity index (χ4n) is 4.13. The number of hydrogen-bond donors (Lipinski definition) is 0. The fourth-order valence-corrected chi connectivity index (χ4v) is 4.13. The van der Waals surface area contributed by atoms with E-state index in [-0.39, 0.29) is 5.91 Å². The second kappa shape index (κ2) is 9.59. The van der Waals surface area contributed by atoms with Gasteiger partial charge in [-0.05, 0) is 24.0 Å². The summed E-state index contributed by atoms with van der Waals surface area (Å²) in [5.74, 6) is 1.39. The molecule has 2 aromatic rings. The van der Waals surface area contributed by atoms with Gasteiger partial charge in [0.05, 0.1) is 6.54 Å².